The molecule has 2 bridgehead atoms. The minimum absolute atomic E-state index is 0.167. The normalized spacial score (nSPS) is 30.0. The molecule has 118 valence electrons. The Bertz CT molecular complexity index is 480. The standard InChI is InChI=1S/C16H27N3O2/c1-5-17-13(16(2,3)4)9-14-18-15(19-21-14)11-8-10-6-7-12(11)20-10/h10-13,17H,5-9H2,1-4H3. The van der Waals surface area contributed by atoms with Gasteiger partial charge in [-0.3, -0.25) is 0 Å². The molecule has 0 amide bonds. The van der Waals surface area contributed by atoms with E-state index in [0.717, 1.165) is 37.5 Å². The predicted octanol–water partition coefficient (Wildman–Crippen LogP) is 2.67. The summed E-state index contributed by atoms with van der Waals surface area (Å²) < 4.78 is 11.4. The maximum absolute atomic E-state index is 5.89. The molecular formula is C16H27N3O2. The topological polar surface area (TPSA) is 60.2 Å². The lowest BCUT2D eigenvalue weighted by atomic mass is 9.84. The second-order valence-electron chi connectivity index (χ2n) is 7.44. The van der Waals surface area contributed by atoms with E-state index < -0.39 is 0 Å². The lowest BCUT2D eigenvalue weighted by Gasteiger charge is -2.30. The van der Waals surface area contributed by atoms with Crippen molar-refractivity contribution in [3.8, 4) is 0 Å². The Hall–Kier alpha value is -0.940. The summed E-state index contributed by atoms with van der Waals surface area (Å²) in [6.07, 6.45) is 4.91. The summed E-state index contributed by atoms with van der Waals surface area (Å²) in [5.41, 5.74) is 0.167. The number of aromatic nitrogens is 2. The van der Waals surface area contributed by atoms with Gasteiger partial charge in [-0.15, -0.1) is 0 Å². The molecule has 1 aromatic rings. The average Bonchev–Trinajstić information content (AvgIpc) is 3.12. The minimum Gasteiger partial charge on any atom is -0.374 e. The molecule has 0 radical (unpaired) electrons. The van der Waals surface area contributed by atoms with Crippen LogP contribution in [0.15, 0.2) is 4.52 Å². The fourth-order valence-electron chi connectivity index (χ4n) is 3.52. The van der Waals surface area contributed by atoms with Crippen molar-refractivity contribution in [3.63, 3.8) is 0 Å². The van der Waals surface area contributed by atoms with Crippen LogP contribution in [0.4, 0.5) is 0 Å². The molecule has 5 heteroatoms. The zero-order chi connectivity index (χ0) is 15.0. The Balaban J connectivity index is 1.67. The van der Waals surface area contributed by atoms with Gasteiger partial charge in [-0.2, -0.15) is 4.98 Å². The second-order valence-corrected chi connectivity index (χ2v) is 7.44. The first-order valence-corrected chi connectivity index (χ1v) is 8.18. The van der Waals surface area contributed by atoms with Crippen LogP contribution >= 0.6 is 0 Å². The summed E-state index contributed by atoms with van der Waals surface area (Å²) in [5, 5.41) is 7.74. The number of rotatable bonds is 5. The van der Waals surface area contributed by atoms with Gasteiger partial charge in [0.2, 0.25) is 5.89 Å². The highest BCUT2D eigenvalue weighted by Crippen LogP contribution is 2.43. The summed E-state index contributed by atoms with van der Waals surface area (Å²) in [6, 6.07) is 0.340. The molecule has 1 aromatic heterocycles. The van der Waals surface area contributed by atoms with Crippen LogP contribution < -0.4 is 5.32 Å². The van der Waals surface area contributed by atoms with E-state index >= 15 is 0 Å². The van der Waals surface area contributed by atoms with Crippen LogP contribution in [0, 0.1) is 5.41 Å². The highest BCUT2D eigenvalue weighted by Gasteiger charge is 2.43. The molecule has 0 spiro atoms. The third-order valence-corrected chi connectivity index (χ3v) is 4.80. The van der Waals surface area contributed by atoms with Gasteiger partial charge in [0.05, 0.1) is 18.1 Å². The van der Waals surface area contributed by atoms with E-state index in [-0.39, 0.29) is 5.41 Å². The van der Waals surface area contributed by atoms with E-state index in [4.69, 9.17) is 9.26 Å². The monoisotopic (exact) mass is 293 g/mol. The fraction of sp³-hybridized carbons (Fsp3) is 0.875. The first kappa shape index (κ1) is 15.0. The van der Waals surface area contributed by atoms with Gasteiger partial charge in [-0.25, -0.2) is 0 Å². The number of likely N-dealkylation sites (N-methyl/N-ethyl adjacent to an activating group) is 1. The Morgan fingerprint density at radius 3 is 2.71 bits per heavy atom. The summed E-state index contributed by atoms with van der Waals surface area (Å²) >= 11 is 0. The average molecular weight is 293 g/mol. The Morgan fingerprint density at radius 2 is 2.14 bits per heavy atom. The number of ether oxygens (including phenoxy) is 1. The Morgan fingerprint density at radius 1 is 1.33 bits per heavy atom. The molecule has 2 fully saturated rings. The van der Waals surface area contributed by atoms with Gasteiger partial charge < -0.3 is 14.6 Å². The van der Waals surface area contributed by atoms with Gasteiger partial charge >= 0.3 is 0 Å². The fourth-order valence-corrected chi connectivity index (χ4v) is 3.52. The molecular weight excluding hydrogens is 266 g/mol. The van der Waals surface area contributed by atoms with Crippen LogP contribution in [0.3, 0.4) is 0 Å². The van der Waals surface area contributed by atoms with Crippen molar-refractivity contribution in [1.29, 1.82) is 0 Å². The SMILES string of the molecule is CCNC(Cc1nc(C2CC3CCC2O3)no1)C(C)(C)C. The summed E-state index contributed by atoms with van der Waals surface area (Å²) in [7, 11) is 0. The molecule has 3 heterocycles. The maximum Gasteiger partial charge on any atom is 0.228 e. The molecule has 21 heavy (non-hydrogen) atoms. The van der Waals surface area contributed by atoms with E-state index in [9.17, 15) is 0 Å². The largest absolute Gasteiger partial charge is 0.374 e. The molecule has 2 saturated heterocycles. The van der Waals surface area contributed by atoms with Crippen LogP contribution in [0.25, 0.3) is 0 Å². The van der Waals surface area contributed by atoms with Gasteiger partial charge in [0.1, 0.15) is 0 Å². The van der Waals surface area contributed by atoms with E-state index in [1.165, 1.54) is 6.42 Å². The van der Waals surface area contributed by atoms with Gasteiger partial charge in [0.15, 0.2) is 5.82 Å². The van der Waals surface area contributed by atoms with Gasteiger partial charge in [0.25, 0.3) is 0 Å². The first-order chi connectivity index (χ1) is 9.97. The third kappa shape index (κ3) is 3.14. The van der Waals surface area contributed by atoms with E-state index in [1.54, 1.807) is 0 Å². The quantitative estimate of drug-likeness (QED) is 0.904. The van der Waals surface area contributed by atoms with Crippen LogP contribution in [-0.2, 0) is 11.2 Å². The van der Waals surface area contributed by atoms with Crippen molar-refractivity contribution >= 4 is 0 Å². The highest BCUT2D eigenvalue weighted by atomic mass is 16.5. The second kappa shape index (κ2) is 5.69. The summed E-state index contributed by atoms with van der Waals surface area (Å²) in [4.78, 5) is 4.65. The number of nitrogens with one attached hydrogen (secondary N) is 1. The van der Waals surface area contributed by atoms with Gasteiger partial charge in [-0.1, -0.05) is 32.9 Å². The molecule has 0 saturated carbocycles. The molecule has 2 aliphatic heterocycles. The van der Waals surface area contributed by atoms with E-state index in [2.05, 4.69) is 43.2 Å². The van der Waals surface area contributed by atoms with Crippen molar-refractivity contribution < 1.29 is 9.26 Å². The van der Waals surface area contributed by atoms with Crippen molar-refractivity contribution in [2.75, 3.05) is 6.54 Å². The lowest BCUT2D eigenvalue weighted by molar-refractivity contribution is 0.0996. The van der Waals surface area contributed by atoms with Gasteiger partial charge in [0, 0.05) is 12.5 Å². The molecule has 4 unspecified atom stereocenters. The molecule has 5 nitrogen and oxygen atoms in total. The summed E-state index contributed by atoms with van der Waals surface area (Å²) in [5.74, 6) is 1.93. The summed E-state index contributed by atoms with van der Waals surface area (Å²) in [6.45, 7) is 9.79. The van der Waals surface area contributed by atoms with Crippen molar-refractivity contribution in [1.82, 2.24) is 15.5 Å². The van der Waals surface area contributed by atoms with Crippen LogP contribution in [0.1, 0.15) is 64.6 Å². The molecule has 0 aliphatic carbocycles. The Labute approximate surface area is 126 Å². The van der Waals surface area contributed by atoms with E-state index in [1.807, 2.05) is 0 Å². The van der Waals surface area contributed by atoms with Crippen LogP contribution in [0.2, 0.25) is 0 Å². The zero-order valence-electron chi connectivity index (χ0n) is 13.6. The van der Waals surface area contributed by atoms with Gasteiger partial charge in [-0.05, 0) is 31.2 Å². The van der Waals surface area contributed by atoms with Crippen molar-refractivity contribution in [3.05, 3.63) is 11.7 Å². The van der Waals surface area contributed by atoms with E-state index in [0.29, 0.717) is 24.2 Å². The Kier molecular flexibility index (Phi) is 4.06. The third-order valence-electron chi connectivity index (χ3n) is 4.80. The first-order valence-electron chi connectivity index (χ1n) is 8.18. The smallest absolute Gasteiger partial charge is 0.228 e. The molecule has 0 aromatic carbocycles. The number of hydrogen-bond acceptors (Lipinski definition) is 5. The van der Waals surface area contributed by atoms with Crippen molar-refractivity contribution in [2.24, 2.45) is 5.41 Å². The maximum atomic E-state index is 5.89. The minimum atomic E-state index is 0.167. The van der Waals surface area contributed by atoms with Crippen LogP contribution in [-0.4, -0.2) is 34.9 Å². The zero-order valence-corrected chi connectivity index (χ0v) is 13.6. The number of hydrogen-bond donors (Lipinski definition) is 1. The predicted molar refractivity (Wildman–Crippen MR) is 80.2 cm³/mol. The number of fused-ring (bicyclic) bond motifs is 2. The highest BCUT2D eigenvalue weighted by molar-refractivity contribution is 5.07. The lowest BCUT2D eigenvalue weighted by Crippen LogP contribution is -2.42. The number of nitrogens with zero attached hydrogens (tertiary/aromatic N) is 2. The molecule has 3 rings (SSSR count). The molecule has 4 atom stereocenters. The van der Waals surface area contributed by atoms with Crippen LogP contribution in [0.5, 0.6) is 0 Å². The molecule has 2 aliphatic rings. The van der Waals surface area contributed by atoms with Crippen molar-refractivity contribution in [2.45, 2.75) is 77.5 Å². The molecule has 1 N–H and O–H groups in total.